The minimum atomic E-state index is -0.106. The molecule has 0 saturated heterocycles. The average molecular weight is 333 g/mol. The zero-order chi connectivity index (χ0) is 16.8. The Balaban J connectivity index is 1.75. The van der Waals surface area contributed by atoms with Crippen LogP contribution in [0.3, 0.4) is 0 Å². The lowest BCUT2D eigenvalue weighted by molar-refractivity contribution is -0.123. The van der Waals surface area contributed by atoms with Gasteiger partial charge in [0, 0.05) is 20.3 Å². The van der Waals surface area contributed by atoms with E-state index in [4.69, 9.17) is 14.2 Å². The summed E-state index contributed by atoms with van der Waals surface area (Å²) >= 11 is 0. The highest BCUT2D eigenvalue weighted by Crippen LogP contribution is 2.40. The van der Waals surface area contributed by atoms with Crippen LogP contribution < -0.4 is 14.8 Å². The van der Waals surface area contributed by atoms with Crippen molar-refractivity contribution in [1.82, 2.24) is 5.32 Å². The number of nitrogens with one attached hydrogen (secondary N) is 1. The fourth-order valence-corrected chi connectivity index (χ4v) is 3.72. The summed E-state index contributed by atoms with van der Waals surface area (Å²) in [5.74, 6) is 1.96. The first-order chi connectivity index (χ1) is 11.8. The van der Waals surface area contributed by atoms with E-state index in [1.165, 1.54) is 12.8 Å². The van der Waals surface area contributed by atoms with Crippen molar-refractivity contribution < 1.29 is 19.0 Å². The molecule has 0 radical (unpaired) electrons. The Morgan fingerprint density at radius 1 is 1.25 bits per heavy atom. The molecule has 1 fully saturated rings. The van der Waals surface area contributed by atoms with Crippen LogP contribution in [0.25, 0.3) is 0 Å². The number of carbonyl (C=O) groups is 1. The maximum atomic E-state index is 12.8. The molecule has 0 bridgehead atoms. The summed E-state index contributed by atoms with van der Waals surface area (Å²) in [7, 11) is 1.68. The Hall–Kier alpha value is -1.75. The number of amides is 1. The largest absolute Gasteiger partial charge is 0.486 e. The number of benzene rings is 1. The van der Waals surface area contributed by atoms with Crippen molar-refractivity contribution in [3.05, 3.63) is 23.8 Å². The molecule has 132 valence electrons. The van der Waals surface area contributed by atoms with E-state index in [-0.39, 0.29) is 11.8 Å². The molecule has 3 rings (SSSR count). The fourth-order valence-electron chi connectivity index (χ4n) is 3.72. The lowest BCUT2D eigenvalue weighted by Gasteiger charge is -2.25. The van der Waals surface area contributed by atoms with Gasteiger partial charge in [-0.2, -0.15) is 0 Å². The van der Waals surface area contributed by atoms with Gasteiger partial charge in [0.1, 0.15) is 13.2 Å². The van der Waals surface area contributed by atoms with Gasteiger partial charge in [0.05, 0.1) is 5.92 Å². The van der Waals surface area contributed by atoms with Crippen molar-refractivity contribution in [3.63, 3.8) is 0 Å². The van der Waals surface area contributed by atoms with Crippen LogP contribution in [0, 0.1) is 5.92 Å². The number of fused-ring (bicyclic) bond motifs is 1. The van der Waals surface area contributed by atoms with Gasteiger partial charge in [-0.1, -0.05) is 18.9 Å². The van der Waals surface area contributed by atoms with E-state index in [0.717, 1.165) is 36.3 Å². The molecule has 1 N–H and O–H groups in total. The van der Waals surface area contributed by atoms with Gasteiger partial charge in [-0.15, -0.1) is 0 Å². The summed E-state index contributed by atoms with van der Waals surface area (Å²) < 4.78 is 16.3. The lowest BCUT2D eigenvalue weighted by Crippen LogP contribution is -2.34. The van der Waals surface area contributed by atoms with Crippen molar-refractivity contribution in [2.45, 2.75) is 38.0 Å². The van der Waals surface area contributed by atoms with Gasteiger partial charge >= 0.3 is 0 Å². The van der Waals surface area contributed by atoms with Crippen molar-refractivity contribution in [3.8, 4) is 11.5 Å². The van der Waals surface area contributed by atoms with E-state index in [9.17, 15) is 4.79 Å². The Morgan fingerprint density at radius 2 is 2.00 bits per heavy atom. The second-order valence-corrected chi connectivity index (χ2v) is 6.56. The SMILES string of the molecule is COCCCNC(=O)C(c1ccc2c(c1)OCCO2)C1CCCC1. The molecule has 1 aromatic carbocycles. The van der Waals surface area contributed by atoms with Crippen LogP contribution >= 0.6 is 0 Å². The predicted molar refractivity (Wildman–Crippen MR) is 91.6 cm³/mol. The number of hydrogen-bond acceptors (Lipinski definition) is 4. The third-order valence-corrected chi connectivity index (χ3v) is 4.90. The van der Waals surface area contributed by atoms with E-state index in [2.05, 4.69) is 5.32 Å². The Morgan fingerprint density at radius 3 is 2.75 bits per heavy atom. The predicted octanol–water partition coefficient (Wildman–Crippen LogP) is 2.88. The zero-order valence-corrected chi connectivity index (χ0v) is 14.4. The lowest BCUT2D eigenvalue weighted by atomic mass is 9.84. The second-order valence-electron chi connectivity index (χ2n) is 6.56. The number of rotatable bonds is 7. The van der Waals surface area contributed by atoms with Crippen molar-refractivity contribution in [1.29, 1.82) is 0 Å². The first-order valence-electron chi connectivity index (χ1n) is 8.96. The van der Waals surface area contributed by atoms with Crippen molar-refractivity contribution in [2.75, 3.05) is 33.5 Å². The number of ether oxygens (including phenoxy) is 3. The van der Waals surface area contributed by atoms with Crippen LogP contribution in [0.15, 0.2) is 18.2 Å². The van der Waals surface area contributed by atoms with Crippen LogP contribution in [0.2, 0.25) is 0 Å². The maximum absolute atomic E-state index is 12.8. The van der Waals surface area contributed by atoms with E-state index in [0.29, 0.717) is 32.3 Å². The van der Waals surface area contributed by atoms with Crippen LogP contribution in [0.1, 0.15) is 43.6 Å². The first kappa shape index (κ1) is 17.1. The molecule has 1 amide bonds. The summed E-state index contributed by atoms with van der Waals surface area (Å²) in [6.07, 6.45) is 5.49. The Bertz CT molecular complexity index is 554. The highest BCUT2D eigenvalue weighted by molar-refractivity contribution is 5.84. The van der Waals surface area contributed by atoms with Gasteiger partial charge in [0.15, 0.2) is 11.5 Å². The molecule has 0 aromatic heterocycles. The molecular formula is C19H27NO4. The third-order valence-electron chi connectivity index (χ3n) is 4.90. The van der Waals surface area contributed by atoms with Gasteiger partial charge < -0.3 is 19.5 Å². The van der Waals surface area contributed by atoms with Crippen molar-refractivity contribution >= 4 is 5.91 Å². The highest BCUT2D eigenvalue weighted by atomic mass is 16.6. The molecule has 1 saturated carbocycles. The minimum absolute atomic E-state index is 0.106. The summed E-state index contributed by atoms with van der Waals surface area (Å²) in [5, 5.41) is 3.08. The van der Waals surface area contributed by atoms with Crippen LogP contribution in [0.4, 0.5) is 0 Å². The van der Waals surface area contributed by atoms with Crippen molar-refractivity contribution in [2.24, 2.45) is 5.92 Å². The topological polar surface area (TPSA) is 56.8 Å². The molecule has 2 aliphatic rings. The molecule has 24 heavy (non-hydrogen) atoms. The van der Waals surface area contributed by atoms with E-state index >= 15 is 0 Å². The molecule has 0 spiro atoms. The number of hydrogen-bond donors (Lipinski definition) is 1. The van der Waals surface area contributed by atoms with Gasteiger partial charge in [0.25, 0.3) is 0 Å². The van der Waals surface area contributed by atoms with Gasteiger partial charge in [-0.05, 0) is 42.9 Å². The van der Waals surface area contributed by atoms with Crippen LogP contribution in [-0.4, -0.2) is 39.4 Å². The average Bonchev–Trinajstić information content (AvgIpc) is 3.13. The highest BCUT2D eigenvalue weighted by Gasteiger charge is 2.32. The molecule has 1 unspecified atom stereocenters. The first-order valence-corrected chi connectivity index (χ1v) is 8.96. The van der Waals surface area contributed by atoms with E-state index in [1.54, 1.807) is 7.11 Å². The Labute approximate surface area is 143 Å². The molecule has 1 aliphatic carbocycles. The molecule has 1 aromatic rings. The third kappa shape index (κ3) is 4.01. The quantitative estimate of drug-likeness (QED) is 0.780. The van der Waals surface area contributed by atoms with E-state index < -0.39 is 0 Å². The van der Waals surface area contributed by atoms with Crippen LogP contribution in [0.5, 0.6) is 11.5 Å². The standard InChI is InChI=1S/C19H27NO4/c1-22-10-4-9-20-19(21)18(14-5-2-3-6-14)15-7-8-16-17(13-15)24-12-11-23-16/h7-8,13-14,18H,2-6,9-12H2,1H3,(H,20,21). The summed E-state index contributed by atoms with van der Waals surface area (Å²) in [6, 6.07) is 5.95. The smallest absolute Gasteiger partial charge is 0.227 e. The summed E-state index contributed by atoms with van der Waals surface area (Å²) in [5.41, 5.74) is 1.04. The van der Waals surface area contributed by atoms with Crippen LogP contribution in [-0.2, 0) is 9.53 Å². The Kier molecular flexibility index (Phi) is 5.96. The molecule has 1 aliphatic heterocycles. The maximum Gasteiger partial charge on any atom is 0.227 e. The molecule has 1 heterocycles. The monoisotopic (exact) mass is 333 g/mol. The summed E-state index contributed by atoms with van der Waals surface area (Å²) in [4.78, 5) is 12.8. The molecular weight excluding hydrogens is 306 g/mol. The summed E-state index contributed by atoms with van der Waals surface area (Å²) in [6.45, 7) is 2.46. The minimum Gasteiger partial charge on any atom is -0.486 e. The van der Waals surface area contributed by atoms with Gasteiger partial charge in [0.2, 0.25) is 5.91 Å². The molecule has 5 nitrogen and oxygen atoms in total. The normalized spacial score (nSPS) is 18.4. The molecule has 5 heteroatoms. The van der Waals surface area contributed by atoms with Gasteiger partial charge in [-0.3, -0.25) is 4.79 Å². The van der Waals surface area contributed by atoms with Gasteiger partial charge in [-0.25, -0.2) is 0 Å². The molecule has 1 atom stereocenters. The number of carbonyl (C=O) groups excluding carboxylic acids is 1. The number of methoxy groups -OCH3 is 1. The second kappa shape index (κ2) is 8.38. The van der Waals surface area contributed by atoms with E-state index in [1.807, 2.05) is 18.2 Å². The fraction of sp³-hybridized carbons (Fsp3) is 0.632. The zero-order valence-electron chi connectivity index (χ0n) is 14.4.